The minimum atomic E-state index is 0. The summed E-state index contributed by atoms with van der Waals surface area (Å²) in [6.07, 6.45) is 4.26. The van der Waals surface area contributed by atoms with Crippen LogP contribution in [0.2, 0.25) is 0 Å². The molecular formula is C21H35Cl2N3O2. The molecule has 2 aliphatic heterocycles. The van der Waals surface area contributed by atoms with Crippen LogP contribution in [-0.4, -0.2) is 45.7 Å². The fraction of sp³-hybridized carbons (Fsp3) is 0.667. The van der Waals surface area contributed by atoms with Gasteiger partial charge in [-0.1, -0.05) is 13.0 Å². The van der Waals surface area contributed by atoms with Crippen molar-refractivity contribution in [1.82, 2.24) is 10.6 Å². The summed E-state index contributed by atoms with van der Waals surface area (Å²) in [4.78, 5) is 14.7. The van der Waals surface area contributed by atoms with Crippen LogP contribution in [0.1, 0.15) is 32.6 Å². The number of hydrogen-bond donors (Lipinski definition) is 2. The second kappa shape index (κ2) is 12.4. The van der Waals surface area contributed by atoms with E-state index >= 15 is 0 Å². The lowest BCUT2D eigenvalue weighted by Crippen LogP contribution is -2.36. The fourth-order valence-corrected chi connectivity index (χ4v) is 4.19. The number of nitrogens with one attached hydrogen (secondary N) is 2. The highest BCUT2D eigenvalue weighted by Gasteiger charge is 2.25. The zero-order valence-corrected chi connectivity index (χ0v) is 18.6. The number of amides is 1. The number of methoxy groups -OCH3 is 1. The quantitative estimate of drug-likeness (QED) is 0.693. The number of carbonyl (C=O) groups is 1. The lowest BCUT2D eigenvalue weighted by Gasteiger charge is -2.28. The van der Waals surface area contributed by atoms with Gasteiger partial charge in [0.25, 0.3) is 0 Å². The molecule has 2 heterocycles. The minimum Gasteiger partial charge on any atom is -0.497 e. The molecule has 1 amide bonds. The monoisotopic (exact) mass is 431 g/mol. The summed E-state index contributed by atoms with van der Waals surface area (Å²) in [6.45, 7) is 7.23. The zero-order valence-electron chi connectivity index (χ0n) is 17.0. The van der Waals surface area contributed by atoms with Gasteiger partial charge >= 0.3 is 0 Å². The first-order valence-corrected chi connectivity index (χ1v) is 10.0. The number of anilines is 1. The van der Waals surface area contributed by atoms with Crippen LogP contribution in [0.15, 0.2) is 24.3 Å². The number of rotatable bonds is 7. The molecule has 0 radical (unpaired) electrons. The third-order valence-electron chi connectivity index (χ3n) is 5.94. The summed E-state index contributed by atoms with van der Waals surface area (Å²) >= 11 is 0. The molecule has 1 aromatic rings. The molecule has 2 N–H and O–H groups in total. The molecule has 2 saturated heterocycles. The van der Waals surface area contributed by atoms with Gasteiger partial charge in [0.1, 0.15) is 5.75 Å². The van der Waals surface area contributed by atoms with Gasteiger partial charge in [0.05, 0.1) is 7.11 Å². The molecule has 1 aromatic carbocycles. The summed E-state index contributed by atoms with van der Waals surface area (Å²) in [7, 11) is 1.70. The Bertz CT molecular complexity index is 597. The zero-order chi connectivity index (χ0) is 18.4. The van der Waals surface area contributed by atoms with Crippen molar-refractivity contribution >= 4 is 36.4 Å². The molecule has 28 heavy (non-hydrogen) atoms. The van der Waals surface area contributed by atoms with Gasteiger partial charge in [-0.3, -0.25) is 4.79 Å². The number of ether oxygens (including phenoxy) is 1. The Hall–Kier alpha value is -1.17. The van der Waals surface area contributed by atoms with Crippen molar-refractivity contribution in [2.75, 3.05) is 44.7 Å². The van der Waals surface area contributed by atoms with E-state index in [0.29, 0.717) is 24.2 Å². The molecule has 3 atom stereocenters. The van der Waals surface area contributed by atoms with Gasteiger partial charge in [0.15, 0.2) is 0 Å². The van der Waals surface area contributed by atoms with Gasteiger partial charge in [0.2, 0.25) is 5.91 Å². The summed E-state index contributed by atoms with van der Waals surface area (Å²) in [5.41, 5.74) is 1.21. The number of halogens is 2. The van der Waals surface area contributed by atoms with E-state index in [1.807, 2.05) is 12.1 Å². The van der Waals surface area contributed by atoms with Crippen LogP contribution in [0.3, 0.4) is 0 Å². The smallest absolute Gasteiger partial charge is 0.220 e. The van der Waals surface area contributed by atoms with Gasteiger partial charge in [-0.05, 0) is 62.2 Å². The molecule has 3 rings (SSSR count). The average molecular weight is 432 g/mol. The lowest BCUT2D eigenvalue weighted by atomic mass is 9.85. The van der Waals surface area contributed by atoms with E-state index in [-0.39, 0.29) is 30.7 Å². The molecule has 0 aliphatic carbocycles. The van der Waals surface area contributed by atoms with Gasteiger partial charge in [0, 0.05) is 37.8 Å². The lowest BCUT2D eigenvalue weighted by molar-refractivity contribution is -0.122. The molecule has 2 aliphatic rings. The summed E-state index contributed by atoms with van der Waals surface area (Å²) < 4.78 is 5.32. The molecule has 5 nitrogen and oxygen atoms in total. The van der Waals surface area contributed by atoms with Crippen LogP contribution in [0, 0.1) is 17.8 Å². The Morgan fingerprint density at radius 3 is 2.89 bits per heavy atom. The van der Waals surface area contributed by atoms with Crippen molar-refractivity contribution in [1.29, 1.82) is 0 Å². The van der Waals surface area contributed by atoms with Gasteiger partial charge < -0.3 is 20.3 Å². The maximum Gasteiger partial charge on any atom is 0.220 e. The minimum absolute atomic E-state index is 0. The second-order valence-electron chi connectivity index (χ2n) is 7.89. The predicted molar refractivity (Wildman–Crippen MR) is 120 cm³/mol. The highest BCUT2D eigenvalue weighted by Crippen LogP contribution is 2.27. The van der Waals surface area contributed by atoms with E-state index in [4.69, 9.17) is 4.74 Å². The molecule has 160 valence electrons. The SMILES string of the molecule is COc1cccc(N2CCC(CNC(=O)CC(C)C3CCCNC3)C2)c1.Cl.Cl. The van der Waals surface area contributed by atoms with Crippen molar-refractivity contribution < 1.29 is 9.53 Å². The highest BCUT2D eigenvalue weighted by atomic mass is 35.5. The van der Waals surface area contributed by atoms with E-state index in [0.717, 1.165) is 44.9 Å². The number of nitrogens with zero attached hydrogens (tertiary/aromatic N) is 1. The summed E-state index contributed by atoms with van der Waals surface area (Å²) in [5.74, 6) is 2.73. The molecule has 0 bridgehead atoms. The largest absolute Gasteiger partial charge is 0.497 e. The standard InChI is InChI=1S/C21H33N3O2.2ClH/c1-16(18-5-4-9-22-14-18)11-21(25)23-13-17-8-10-24(15-17)19-6-3-7-20(12-19)26-2;;/h3,6-7,12,16-18,22H,4-5,8-11,13-15H2,1-2H3,(H,23,25);2*1H. The Kier molecular flexibility index (Phi) is 11.0. The second-order valence-corrected chi connectivity index (χ2v) is 7.89. The highest BCUT2D eigenvalue weighted by molar-refractivity contribution is 5.85. The van der Waals surface area contributed by atoms with E-state index in [9.17, 15) is 4.79 Å². The van der Waals surface area contributed by atoms with Crippen LogP contribution in [0.5, 0.6) is 5.75 Å². The van der Waals surface area contributed by atoms with Gasteiger partial charge in [-0.25, -0.2) is 0 Å². The number of carbonyl (C=O) groups excluding carboxylic acids is 1. The third kappa shape index (κ3) is 7.02. The number of hydrogen-bond acceptors (Lipinski definition) is 4. The van der Waals surface area contributed by atoms with Crippen molar-refractivity contribution in [3.63, 3.8) is 0 Å². The fourth-order valence-electron chi connectivity index (χ4n) is 4.19. The topological polar surface area (TPSA) is 53.6 Å². The van der Waals surface area contributed by atoms with Gasteiger partial charge in [-0.15, -0.1) is 24.8 Å². The molecule has 3 unspecified atom stereocenters. The molecule has 2 fully saturated rings. The van der Waals surface area contributed by atoms with Crippen molar-refractivity contribution in [2.24, 2.45) is 17.8 Å². The van der Waals surface area contributed by atoms with Crippen LogP contribution in [-0.2, 0) is 4.79 Å². The summed E-state index contributed by atoms with van der Waals surface area (Å²) in [6, 6.07) is 8.22. The van der Waals surface area contributed by atoms with Crippen LogP contribution >= 0.6 is 24.8 Å². The molecular weight excluding hydrogens is 397 g/mol. The first-order valence-electron chi connectivity index (χ1n) is 10.0. The molecule has 0 saturated carbocycles. The maximum atomic E-state index is 12.3. The predicted octanol–water partition coefficient (Wildman–Crippen LogP) is 3.51. The van der Waals surface area contributed by atoms with Crippen LogP contribution in [0.25, 0.3) is 0 Å². The maximum absolute atomic E-state index is 12.3. The number of benzene rings is 1. The van der Waals surface area contributed by atoms with E-state index in [1.54, 1.807) is 7.11 Å². The normalized spacial score (nSPS) is 22.6. The van der Waals surface area contributed by atoms with Crippen LogP contribution < -0.4 is 20.3 Å². The number of piperidine rings is 1. The van der Waals surface area contributed by atoms with Crippen molar-refractivity contribution in [2.45, 2.75) is 32.6 Å². The molecule has 7 heteroatoms. The average Bonchev–Trinajstić information content (AvgIpc) is 3.16. The summed E-state index contributed by atoms with van der Waals surface area (Å²) in [5, 5.41) is 6.63. The first-order chi connectivity index (χ1) is 12.7. The molecule has 0 spiro atoms. The van der Waals surface area contributed by atoms with Crippen LogP contribution in [0.4, 0.5) is 5.69 Å². The Balaban J connectivity index is 0.00000196. The van der Waals surface area contributed by atoms with E-state index < -0.39 is 0 Å². The van der Waals surface area contributed by atoms with Crippen molar-refractivity contribution in [3.8, 4) is 5.75 Å². The van der Waals surface area contributed by atoms with E-state index in [1.165, 1.54) is 18.5 Å². The first kappa shape index (κ1) is 24.9. The van der Waals surface area contributed by atoms with Gasteiger partial charge in [-0.2, -0.15) is 0 Å². The third-order valence-corrected chi connectivity index (χ3v) is 5.94. The molecule has 0 aromatic heterocycles. The Morgan fingerprint density at radius 1 is 1.36 bits per heavy atom. The Labute approximate surface area is 181 Å². The van der Waals surface area contributed by atoms with E-state index in [2.05, 4.69) is 34.6 Å². The Morgan fingerprint density at radius 2 is 2.18 bits per heavy atom. The van der Waals surface area contributed by atoms with Crippen molar-refractivity contribution in [3.05, 3.63) is 24.3 Å².